The molecule has 8 nitrogen and oxygen atoms in total. The van der Waals surface area contributed by atoms with Crippen molar-refractivity contribution in [2.75, 3.05) is 46.9 Å². The van der Waals surface area contributed by atoms with Crippen LogP contribution in [0.4, 0.5) is 0 Å². The Morgan fingerprint density at radius 1 is 1.11 bits per heavy atom. The first kappa shape index (κ1) is 27.3. The second-order valence-electron chi connectivity index (χ2n) is 11.1. The van der Waals surface area contributed by atoms with Crippen molar-refractivity contribution >= 4 is 17.7 Å². The molecule has 3 heterocycles. The van der Waals surface area contributed by atoms with Gasteiger partial charge >= 0.3 is 0 Å². The van der Waals surface area contributed by atoms with Crippen molar-refractivity contribution in [3.05, 3.63) is 48.0 Å². The number of piperidine rings is 1. The molecule has 1 aromatic carbocycles. The van der Waals surface area contributed by atoms with E-state index >= 15 is 0 Å². The number of carbonyl (C=O) groups excluding carboxylic acids is 3. The fourth-order valence-electron chi connectivity index (χ4n) is 5.68. The third-order valence-corrected chi connectivity index (χ3v) is 8.14. The zero-order valence-electron chi connectivity index (χ0n) is 22.3. The van der Waals surface area contributed by atoms with Crippen LogP contribution in [-0.2, 0) is 25.5 Å². The first-order valence-corrected chi connectivity index (χ1v) is 13.7. The van der Waals surface area contributed by atoms with E-state index in [1.807, 2.05) is 54.2 Å². The van der Waals surface area contributed by atoms with E-state index in [0.29, 0.717) is 64.8 Å². The van der Waals surface area contributed by atoms with Crippen molar-refractivity contribution in [1.82, 2.24) is 20.4 Å². The lowest BCUT2D eigenvalue weighted by atomic mass is 9.75. The molecule has 3 atom stereocenters. The molecule has 3 aliphatic heterocycles. The van der Waals surface area contributed by atoms with E-state index in [0.717, 1.165) is 18.5 Å². The van der Waals surface area contributed by atoms with Gasteiger partial charge < -0.3 is 25.2 Å². The summed E-state index contributed by atoms with van der Waals surface area (Å²) in [5.74, 6) is 0.0978. The molecule has 202 valence electrons. The predicted molar refractivity (Wildman–Crippen MR) is 143 cm³/mol. The van der Waals surface area contributed by atoms with Gasteiger partial charge in [0.25, 0.3) is 0 Å². The topological polar surface area (TPSA) is 91.0 Å². The highest BCUT2D eigenvalue weighted by atomic mass is 16.5. The molecule has 1 aromatic rings. The van der Waals surface area contributed by atoms with Gasteiger partial charge in [0, 0.05) is 57.6 Å². The number of carbonyl (C=O) groups is 3. The zero-order chi connectivity index (χ0) is 26.3. The number of ether oxygens (including phenoxy) is 1. The number of nitrogens with one attached hydrogen (secondary N) is 2. The van der Waals surface area contributed by atoms with Gasteiger partial charge in [-0.05, 0) is 51.8 Å². The molecule has 2 fully saturated rings. The normalized spacial score (nSPS) is 27.4. The van der Waals surface area contributed by atoms with Gasteiger partial charge in [-0.1, -0.05) is 42.5 Å². The average Bonchev–Trinajstić information content (AvgIpc) is 2.90. The Hall–Kier alpha value is -2.71. The number of amides is 3. The summed E-state index contributed by atoms with van der Waals surface area (Å²) in [7, 11) is 3.95. The highest BCUT2D eigenvalue weighted by Crippen LogP contribution is 2.36. The van der Waals surface area contributed by atoms with E-state index < -0.39 is 11.5 Å². The van der Waals surface area contributed by atoms with Crippen LogP contribution in [0.25, 0.3) is 0 Å². The number of fused-ring (bicyclic) bond motifs is 1. The molecule has 37 heavy (non-hydrogen) atoms. The minimum atomic E-state index is -0.654. The van der Waals surface area contributed by atoms with E-state index in [1.54, 1.807) is 0 Å². The lowest BCUT2D eigenvalue weighted by Crippen LogP contribution is -2.58. The summed E-state index contributed by atoms with van der Waals surface area (Å²) in [5.41, 5.74) is 0.442. The largest absolute Gasteiger partial charge is 0.381 e. The number of hydrogen-bond acceptors (Lipinski definition) is 5. The molecular weight excluding hydrogens is 468 g/mol. The average molecular weight is 511 g/mol. The molecule has 0 aromatic heterocycles. The van der Waals surface area contributed by atoms with Gasteiger partial charge in [-0.3, -0.25) is 14.4 Å². The minimum absolute atomic E-state index is 0.0401. The van der Waals surface area contributed by atoms with Crippen molar-refractivity contribution in [3.8, 4) is 0 Å². The zero-order valence-corrected chi connectivity index (χ0v) is 22.3. The Bertz CT molecular complexity index is 958. The molecule has 0 radical (unpaired) electrons. The summed E-state index contributed by atoms with van der Waals surface area (Å²) < 4.78 is 5.58. The van der Waals surface area contributed by atoms with Gasteiger partial charge in [0.2, 0.25) is 17.7 Å². The third-order valence-electron chi connectivity index (χ3n) is 8.14. The Labute approximate surface area is 220 Å². The van der Waals surface area contributed by atoms with Crippen LogP contribution in [0.15, 0.2) is 42.5 Å². The molecular formula is C29H42N4O4. The Kier molecular flexibility index (Phi) is 9.38. The molecule has 0 aliphatic carbocycles. The second kappa shape index (κ2) is 12.7. The van der Waals surface area contributed by atoms with Crippen LogP contribution in [0.3, 0.4) is 0 Å². The van der Waals surface area contributed by atoms with Crippen LogP contribution in [-0.4, -0.2) is 86.5 Å². The quantitative estimate of drug-likeness (QED) is 0.593. The number of nitrogens with zero attached hydrogens (tertiary/aromatic N) is 2. The maximum atomic E-state index is 13.6. The summed E-state index contributed by atoms with van der Waals surface area (Å²) in [6.07, 6.45) is 8.60. The SMILES string of the molecule is CN(C)CCC(=O)N1CC[C@@H]2NC(=O)[C@@H](Cc3ccccc3)NC(=O)C3(C/C=C/C[C@@H]2C1)CCOCC3. The number of rotatable bonds is 5. The summed E-state index contributed by atoms with van der Waals surface area (Å²) >= 11 is 0. The fraction of sp³-hybridized carbons (Fsp3) is 0.621. The highest BCUT2D eigenvalue weighted by molar-refractivity contribution is 5.90. The lowest BCUT2D eigenvalue weighted by molar-refractivity contribution is -0.140. The van der Waals surface area contributed by atoms with Crippen molar-refractivity contribution in [3.63, 3.8) is 0 Å². The molecule has 4 rings (SSSR count). The van der Waals surface area contributed by atoms with E-state index in [4.69, 9.17) is 4.74 Å². The molecule has 0 saturated carbocycles. The molecule has 2 N–H and O–H groups in total. The molecule has 8 heteroatoms. The fourth-order valence-corrected chi connectivity index (χ4v) is 5.68. The van der Waals surface area contributed by atoms with Gasteiger partial charge in [0.1, 0.15) is 6.04 Å². The highest BCUT2D eigenvalue weighted by Gasteiger charge is 2.41. The van der Waals surface area contributed by atoms with Crippen molar-refractivity contribution in [2.45, 2.75) is 57.0 Å². The monoisotopic (exact) mass is 510 g/mol. The molecule has 2 saturated heterocycles. The van der Waals surface area contributed by atoms with Gasteiger partial charge in [-0.25, -0.2) is 0 Å². The van der Waals surface area contributed by atoms with Crippen LogP contribution in [0.5, 0.6) is 0 Å². The van der Waals surface area contributed by atoms with Crippen LogP contribution in [0.1, 0.15) is 44.1 Å². The van der Waals surface area contributed by atoms with Gasteiger partial charge in [-0.2, -0.15) is 0 Å². The van der Waals surface area contributed by atoms with E-state index in [1.165, 1.54) is 0 Å². The Morgan fingerprint density at radius 2 is 1.86 bits per heavy atom. The first-order valence-electron chi connectivity index (χ1n) is 13.7. The van der Waals surface area contributed by atoms with Crippen LogP contribution in [0, 0.1) is 11.3 Å². The van der Waals surface area contributed by atoms with E-state index in [2.05, 4.69) is 22.8 Å². The second-order valence-corrected chi connectivity index (χ2v) is 11.1. The number of allylic oxidation sites excluding steroid dienone is 2. The molecule has 0 unspecified atom stereocenters. The lowest BCUT2D eigenvalue weighted by Gasteiger charge is -2.40. The van der Waals surface area contributed by atoms with Gasteiger partial charge in [0.05, 0.1) is 5.41 Å². The summed E-state index contributed by atoms with van der Waals surface area (Å²) in [6.45, 7) is 3.09. The summed E-state index contributed by atoms with van der Waals surface area (Å²) in [4.78, 5) is 44.1. The number of benzene rings is 1. The molecule has 0 bridgehead atoms. The molecule has 3 amide bonds. The smallest absolute Gasteiger partial charge is 0.243 e. The Morgan fingerprint density at radius 3 is 2.59 bits per heavy atom. The van der Waals surface area contributed by atoms with Crippen LogP contribution >= 0.6 is 0 Å². The number of hydrogen-bond donors (Lipinski definition) is 2. The van der Waals surface area contributed by atoms with Gasteiger partial charge in [0.15, 0.2) is 0 Å². The predicted octanol–water partition coefficient (Wildman–Crippen LogP) is 2.15. The maximum absolute atomic E-state index is 13.6. The van der Waals surface area contributed by atoms with Crippen molar-refractivity contribution in [2.24, 2.45) is 11.3 Å². The third kappa shape index (κ3) is 7.20. The minimum Gasteiger partial charge on any atom is -0.381 e. The Balaban J connectivity index is 1.55. The van der Waals surface area contributed by atoms with Crippen molar-refractivity contribution in [1.29, 1.82) is 0 Å². The summed E-state index contributed by atoms with van der Waals surface area (Å²) in [5, 5.41) is 6.40. The van der Waals surface area contributed by atoms with Crippen LogP contribution < -0.4 is 10.6 Å². The van der Waals surface area contributed by atoms with E-state index in [9.17, 15) is 14.4 Å². The van der Waals surface area contributed by atoms with Crippen LogP contribution in [0.2, 0.25) is 0 Å². The van der Waals surface area contributed by atoms with E-state index in [-0.39, 0.29) is 29.7 Å². The standard InChI is InChI=1S/C29H42N4O4/c1-32(2)16-12-26(34)33-17-11-24-23(21-33)10-6-7-13-29(14-18-37-19-15-29)28(36)31-25(27(35)30-24)20-22-8-4-3-5-9-22/h3-9,23-25H,10-21H2,1-2H3,(H,30,35)(H,31,36)/b7-6+/t23-,24+,25-/m1/s1. The number of likely N-dealkylation sites (tertiary alicyclic amines) is 1. The van der Waals surface area contributed by atoms with Crippen molar-refractivity contribution < 1.29 is 19.1 Å². The van der Waals surface area contributed by atoms with Gasteiger partial charge in [-0.15, -0.1) is 0 Å². The maximum Gasteiger partial charge on any atom is 0.243 e. The first-order chi connectivity index (χ1) is 17.9. The molecule has 3 aliphatic rings. The molecule has 1 spiro atoms. The summed E-state index contributed by atoms with van der Waals surface area (Å²) in [6, 6.07) is 9.14.